The van der Waals surface area contributed by atoms with Gasteiger partial charge in [0, 0.05) is 13.2 Å². The summed E-state index contributed by atoms with van der Waals surface area (Å²) in [5, 5.41) is 0. The minimum Gasteiger partial charge on any atom is -0.268 e. The Kier molecular flexibility index (Phi) is 3.57. The zero-order valence-electron chi connectivity index (χ0n) is 11.2. The van der Waals surface area contributed by atoms with Crippen LogP contribution in [0.5, 0.6) is 0 Å². The summed E-state index contributed by atoms with van der Waals surface area (Å²) < 4.78 is 26.3. The summed E-state index contributed by atoms with van der Waals surface area (Å²) in [7, 11) is -2.00. The molecule has 0 aliphatic heterocycles. The van der Waals surface area contributed by atoms with Crippen LogP contribution in [0.2, 0.25) is 0 Å². The molecule has 1 heterocycles. The Morgan fingerprint density at radius 1 is 1.05 bits per heavy atom. The van der Waals surface area contributed by atoms with Gasteiger partial charge in [-0.15, -0.1) is 0 Å². The van der Waals surface area contributed by atoms with Crippen molar-refractivity contribution in [3.8, 4) is 0 Å². The van der Waals surface area contributed by atoms with Crippen LogP contribution < -0.4 is 4.31 Å². The second kappa shape index (κ2) is 5.01. The van der Waals surface area contributed by atoms with Gasteiger partial charge >= 0.3 is 0 Å². The van der Waals surface area contributed by atoms with Crippen molar-refractivity contribution in [2.45, 2.75) is 18.7 Å². The molecule has 0 bridgehead atoms. The van der Waals surface area contributed by atoms with Crippen molar-refractivity contribution in [3.05, 3.63) is 53.9 Å². The van der Waals surface area contributed by atoms with Crippen LogP contribution in [0, 0.1) is 13.8 Å². The fourth-order valence-corrected chi connectivity index (χ4v) is 3.03. The first-order valence-corrected chi connectivity index (χ1v) is 7.33. The number of anilines is 1. The van der Waals surface area contributed by atoms with E-state index in [9.17, 15) is 8.42 Å². The van der Waals surface area contributed by atoms with Gasteiger partial charge in [-0.05, 0) is 37.6 Å². The first-order chi connectivity index (χ1) is 8.93. The second-order valence-corrected chi connectivity index (χ2v) is 6.42. The fraction of sp³-hybridized carbons (Fsp3) is 0.214. The highest BCUT2D eigenvalue weighted by Crippen LogP contribution is 2.24. The molecule has 2 rings (SSSR count). The average Bonchev–Trinajstić information content (AvgIpc) is 2.39. The molecule has 5 heteroatoms. The molecule has 0 fully saturated rings. The van der Waals surface area contributed by atoms with E-state index in [0.29, 0.717) is 5.69 Å². The van der Waals surface area contributed by atoms with E-state index in [0.717, 1.165) is 11.1 Å². The van der Waals surface area contributed by atoms with Crippen LogP contribution in [0.25, 0.3) is 0 Å². The van der Waals surface area contributed by atoms with Gasteiger partial charge in [0.15, 0.2) is 0 Å². The molecule has 0 aliphatic carbocycles. The van der Waals surface area contributed by atoms with Gasteiger partial charge in [-0.25, -0.2) is 8.42 Å². The number of aryl methyl sites for hydroxylation is 2. The lowest BCUT2D eigenvalue weighted by Crippen LogP contribution is -2.27. The molecule has 0 unspecified atom stereocenters. The van der Waals surface area contributed by atoms with Gasteiger partial charge in [0.05, 0.1) is 16.8 Å². The Morgan fingerprint density at radius 2 is 1.68 bits per heavy atom. The maximum Gasteiger partial charge on any atom is 0.264 e. The first-order valence-electron chi connectivity index (χ1n) is 5.89. The van der Waals surface area contributed by atoms with Crippen LogP contribution in [-0.2, 0) is 10.0 Å². The molecule has 0 aliphatic rings. The fourth-order valence-electron chi connectivity index (χ4n) is 1.78. The summed E-state index contributed by atoms with van der Waals surface area (Å²) in [5.74, 6) is 0. The summed E-state index contributed by atoms with van der Waals surface area (Å²) >= 11 is 0. The number of rotatable bonds is 3. The van der Waals surface area contributed by atoms with Crippen LogP contribution in [0.4, 0.5) is 5.69 Å². The van der Waals surface area contributed by atoms with Crippen LogP contribution >= 0.6 is 0 Å². The molecule has 2 aromatic rings. The monoisotopic (exact) mass is 276 g/mol. The van der Waals surface area contributed by atoms with Gasteiger partial charge in [0.25, 0.3) is 10.0 Å². The minimum absolute atomic E-state index is 0.281. The molecule has 0 saturated heterocycles. The number of sulfonamides is 1. The second-order valence-electron chi connectivity index (χ2n) is 4.45. The zero-order chi connectivity index (χ0) is 14.0. The molecule has 1 aromatic carbocycles. The van der Waals surface area contributed by atoms with E-state index in [1.807, 2.05) is 13.8 Å². The highest BCUT2D eigenvalue weighted by molar-refractivity contribution is 7.92. The summed E-state index contributed by atoms with van der Waals surface area (Å²) in [6, 6.07) is 8.60. The Hall–Kier alpha value is -1.88. The standard InChI is InChI=1S/C14H16N2O2S/c1-11-4-6-13(7-5-11)19(17,18)16(3)14-10-15-9-8-12(14)2/h4-10H,1-3H3. The predicted molar refractivity (Wildman–Crippen MR) is 75.7 cm³/mol. The molecule has 0 N–H and O–H groups in total. The number of pyridine rings is 1. The molecule has 0 amide bonds. The minimum atomic E-state index is -3.54. The average molecular weight is 276 g/mol. The normalized spacial score (nSPS) is 11.3. The van der Waals surface area contributed by atoms with Gasteiger partial charge < -0.3 is 0 Å². The van der Waals surface area contributed by atoms with Gasteiger partial charge in [-0.3, -0.25) is 9.29 Å². The lowest BCUT2D eigenvalue weighted by atomic mass is 10.2. The third-order valence-electron chi connectivity index (χ3n) is 3.03. The van der Waals surface area contributed by atoms with Crippen molar-refractivity contribution in [2.24, 2.45) is 0 Å². The largest absolute Gasteiger partial charge is 0.268 e. The molecule has 0 radical (unpaired) electrons. The van der Waals surface area contributed by atoms with Crippen molar-refractivity contribution in [3.63, 3.8) is 0 Å². The maximum absolute atomic E-state index is 12.5. The summed E-state index contributed by atoms with van der Waals surface area (Å²) in [5.41, 5.74) is 2.48. The van der Waals surface area contributed by atoms with Crippen molar-refractivity contribution in [1.29, 1.82) is 0 Å². The Morgan fingerprint density at radius 3 is 2.26 bits per heavy atom. The number of benzene rings is 1. The highest BCUT2D eigenvalue weighted by Gasteiger charge is 2.22. The van der Waals surface area contributed by atoms with Gasteiger partial charge in [-0.1, -0.05) is 17.7 Å². The van der Waals surface area contributed by atoms with Crippen molar-refractivity contribution < 1.29 is 8.42 Å². The van der Waals surface area contributed by atoms with Crippen LogP contribution in [0.3, 0.4) is 0 Å². The predicted octanol–water partition coefficient (Wildman–Crippen LogP) is 2.52. The summed E-state index contributed by atoms with van der Waals surface area (Å²) in [6.07, 6.45) is 3.20. The molecule has 4 nitrogen and oxygen atoms in total. The van der Waals surface area contributed by atoms with Crippen molar-refractivity contribution in [1.82, 2.24) is 4.98 Å². The molecule has 19 heavy (non-hydrogen) atoms. The molecule has 0 spiro atoms. The Bertz CT molecular complexity index is 679. The van der Waals surface area contributed by atoms with Crippen molar-refractivity contribution >= 4 is 15.7 Å². The zero-order valence-corrected chi connectivity index (χ0v) is 12.0. The van der Waals surface area contributed by atoms with Crippen LogP contribution in [0.1, 0.15) is 11.1 Å². The van der Waals surface area contributed by atoms with Crippen LogP contribution in [-0.4, -0.2) is 20.4 Å². The first kappa shape index (κ1) is 13.5. The summed E-state index contributed by atoms with van der Waals surface area (Å²) in [6.45, 7) is 3.78. The van der Waals surface area contributed by atoms with E-state index in [-0.39, 0.29) is 4.90 Å². The molecule has 100 valence electrons. The molecule has 0 atom stereocenters. The van der Waals surface area contributed by atoms with E-state index < -0.39 is 10.0 Å². The van der Waals surface area contributed by atoms with Gasteiger partial charge in [-0.2, -0.15) is 0 Å². The molecule has 1 aromatic heterocycles. The van der Waals surface area contributed by atoms with E-state index in [4.69, 9.17) is 0 Å². The quantitative estimate of drug-likeness (QED) is 0.865. The summed E-state index contributed by atoms with van der Waals surface area (Å²) in [4.78, 5) is 4.26. The lowest BCUT2D eigenvalue weighted by molar-refractivity contribution is 0.594. The molecule has 0 saturated carbocycles. The Labute approximate surface area is 113 Å². The smallest absolute Gasteiger partial charge is 0.264 e. The van der Waals surface area contributed by atoms with E-state index in [1.165, 1.54) is 4.31 Å². The van der Waals surface area contributed by atoms with Crippen molar-refractivity contribution in [2.75, 3.05) is 11.4 Å². The highest BCUT2D eigenvalue weighted by atomic mass is 32.2. The van der Waals surface area contributed by atoms with Gasteiger partial charge in [0.2, 0.25) is 0 Å². The topological polar surface area (TPSA) is 50.3 Å². The third-order valence-corrected chi connectivity index (χ3v) is 4.82. The molecular formula is C14H16N2O2S. The van der Waals surface area contributed by atoms with Gasteiger partial charge in [0.1, 0.15) is 0 Å². The van der Waals surface area contributed by atoms with E-state index >= 15 is 0 Å². The molecular weight excluding hydrogens is 260 g/mol. The van der Waals surface area contributed by atoms with E-state index in [2.05, 4.69) is 4.98 Å². The Balaban J connectivity index is 2.45. The number of nitrogens with zero attached hydrogens (tertiary/aromatic N) is 2. The SMILES string of the molecule is Cc1ccc(S(=O)(=O)N(C)c2cnccc2C)cc1. The number of hydrogen-bond donors (Lipinski definition) is 0. The van der Waals surface area contributed by atoms with E-state index in [1.54, 1.807) is 49.8 Å². The number of hydrogen-bond acceptors (Lipinski definition) is 3. The lowest BCUT2D eigenvalue weighted by Gasteiger charge is -2.20. The maximum atomic E-state index is 12.5. The number of aromatic nitrogens is 1. The third kappa shape index (κ3) is 2.61. The van der Waals surface area contributed by atoms with Crippen LogP contribution in [0.15, 0.2) is 47.6 Å².